The van der Waals surface area contributed by atoms with Gasteiger partial charge in [0.25, 0.3) is 0 Å². The maximum atomic E-state index is 6.04. The standard InChI is InChI=1S/C14H13N5O/c1-20-11-7-8-13(12(15)9-11)19-14(16-17-18-19)10-5-3-2-4-6-10/h2-9H,15H2,1H3. The molecular formula is C14H13N5O. The molecule has 0 amide bonds. The highest BCUT2D eigenvalue weighted by Crippen LogP contribution is 2.26. The van der Waals surface area contributed by atoms with Gasteiger partial charge in [-0.2, -0.15) is 4.68 Å². The van der Waals surface area contributed by atoms with Gasteiger partial charge in [-0.3, -0.25) is 0 Å². The molecule has 0 aliphatic carbocycles. The number of rotatable bonds is 3. The lowest BCUT2D eigenvalue weighted by Crippen LogP contribution is -2.04. The number of tetrazole rings is 1. The van der Waals surface area contributed by atoms with E-state index in [-0.39, 0.29) is 0 Å². The Balaban J connectivity index is 2.11. The largest absolute Gasteiger partial charge is 0.497 e. The minimum Gasteiger partial charge on any atom is -0.497 e. The van der Waals surface area contributed by atoms with Crippen LogP contribution in [0.25, 0.3) is 17.1 Å². The third kappa shape index (κ3) is 2.07. The number of hydrogen-bond acceptors (Lipinski definition) is 5. The molecule has 100 valence electrons. The fraction of sp³-hybridized carbons (Fsp3) is 0.0714. The summed E-state index contributed by atoms with van der Waals surface area (Å²) in [6.07, 6.45) is 0. The summed E-state index contributed by atoms with van der Waals surface area (Å²) in [5, 5.41) is 11.8. The van der Waals surface area contributed by atoms with Crippen molar-refractivity contribution in [3.05, 3.63) is 48.5 Å². The zero-order valence-electron chi connectivity index (χ0n) is 10.9. The molecule has 1 heterocycles. The monoisotopic (exact) mass is 267 g/mol. The summed E-state index contributed by atoms with van der Waals surface area (Å²) in [5.74, 6) is 1.34. The molecule has 6 heteroatoms. The normalized spacial score (nSPS) is 10.4. The Kier molecular flexibility index (Phi) is 3.04. The van der Waals surface area contributed by atoms with Gasteiger partial charge in [-0.25, -0.2) is 0 Å². The molecule has 0 saturated carbocycles. The minimum atomic E-state index is 0.550. The lowest BCUT2D eigenvalue weighted by Gasteiger charge is -2.09. The van der Waals surface area contributed by atoms with E-state index in [1.54, 1.807) is 17.9 Å². The SMILES string of the molecule is COc1ccc(-n2nnnc2-c2ccccc2)c(N)c1. The average Bonchev–Trinajstić information content (AvgIpc) is 2.97. The molecule has 0 saturated heterocycles. The van der Waals surface area contributed by atoms with Crippen LogP contribution in [-0.2, 0) is 0 Å². The lowest BCUT2D eigenvalue weighted by molar-refractivity contribution is 0.415. The van der Waals surface area contributed by atoms with Crippen molar-refractivity contribution in [2.75, 3.05) is 12.8 Å². The summed E-state index contributed by atoms with van der Waals surface area (Å²) in [6.45, 7) is 0. The van der Waals surface area contributed by atoms with Gasteiger partial charge in [0.15, 0.2) is 5.82 Å². The average molecular weight is 267 g/mol. The highest BCUT2D eigenvalue weighted by molar-refractivity contribution is 5.65. The summed E-state index contributed by atoms with van der Waals surface area (Å²) >= 11 is 0. The van der Waals surface area contributed by atoms with Gasteiger partial charge in [0.1, 0.15) is 5.75 Å². The fourth-order valence-corrected chi connectivity index (χ4v) is 1.97. The molecule has 20 heavy (non-hydrogen) atoms. The molecule has 2 aromatic carbocycles. The molecule has 0 aliphatic rings. The molecule has 0 fully saturated rings. The Labute approximate surface area is 115 Å². The van der Waals surface area contributed by atoms with Gasteiger partial charge >= 0.3 is 0 Å². The number of anilines is 1. The zero-order chi connectivity index (χ0) is 13.9. The van der Waals surface area contributed by atoms with E-state index in [1.165, 1.54) is 0 Å². The molecule has 6 nitrogen and oxygen atoms in total. The van der Waals surface area contributed by atoms with Gasteiger partial charge in [-0.05, 0) is 22.6 Å². The molecule has 0 spiro atoms. The second-order valence-corrected chi connectivity index (χ2v) is 4.21. The Morgan fingerprint density at radius 1 is 1.10 bits per heavy atom. The molecule has 0 bridgehead atoms. The van der Waals surface area contributed by atoms with Crippen molar-refractivity contribution in [1.29, 1.82) is 0 Å². The summed E-state index contributed by atoms with van der Waals surface area (Å²) in [7, 11) is 1.60. The highest BCUT2D eigenvalue weighted by atomic mass is 16.5. The number of benzene rings is 2. The van der Waals surface area contributed by atoms with Gasteiger partial charge in [-0.1, -0.05) is 30.3 Å². The molecule has 0 aliphatic heterocycles. The fourth-order valence-electron chi connectivity index (χ4n) is 1.97. The maximum absolute atomic E-state index is 6.04. The van der Waals surface area contributed by atoms with Crippen molar-refractivity contribution >= 4 is 5.69 Å². The Bertz CT molecular complexity index is 723. The van der Waals surface area contributed by atoms with Crippen molar-refractivity contribution in [3.63, 3.8) is 0 Å². The topological polar surface area (TPSA) is 78.8 Å². The number of aromatic nitrogens is 4. The van der Waals surface area contributed by atoms with E-state index in [9.17, 15) is 0 Å². The van der Waals surface area contributed by atoms with Gasteiger partial charge in [-0.15, -0.1) is 5.10 Å². The number of hydrogen-bond donors (Lipinski definition) is 1. The number of nitrogens with two attached hydrogens (primary N) is 1. The van der Waals surface area contributed by atoms with Crippen molar-refractivity contribution in [3.8, 4) is 22.8 Å². The van der Waals surface area contributed by atoms with Gasteiger partial charge < -0.3 is 10.5 Å². The first-order valence-electron chi connectivity index (χ1n) is 6.07. The third-order valence-corrected chi connectivity index (χ3v) is 2.96. The van der Waals surface area contributed by atoms with Crippen molar-refractivity contribution in [2.24, 2.45) is 0 Å². The number of ether oxygens (including phenoxy) is 1. The molecule has 0 radical (unpaired) electrons. The molecule has 0 unspecified atom stereocenters. The van der Waals surface area contributed by atoms with E-state index >= 15 is 0 Å². The predicted octanol–water partition coefficient (Wildman–Crippen LogP) is 1.92. The quantitative estimate of drug-likeness (QED) is 0.733. The summed E-state index contributed by atoms with van der Waals surface area (Å²) in [4.78, 5) is 0. The van der Waals surface area contributed by atoms with Crippen molar-refractivity contribution < 1.29 is 4.74 Å². The second kappa shape index (κ2) is 5.00. The van der Waals surface area contributed by atoms with E-state index in [0.717, 1.165) is 11.3 Å². The molecule has 0 atom stereocenters. The molecule has 1 aromatic heterocycles. The molecular weight excluding hydrogens is 254 g/mol. The van der Waals surface area contributed by atoms with E-state index in [1.807, 2.05) is 42.5 Å². The Morgan fingerprint density at radius 2 is 1.90 bits per heavy atom. The summed E-state index contributed by atoms with van der Waals surface area (Å²) < 4.78 is 6.76. The Morgan fingerprint density at radius 3 is 2.60 bits per heavy atom. The summed E-state index contributed by atoms with van der Waals surface area (Å²) in [5.41, 5.74) is 8.23. The third-order valence-electron chi connectivity index (χ3n) is 2.96. The van der Waals surface area contributed by atoms with Crippen LogP contribution in [0, 0.1) is 0 Å². The lowest BCUT2D eigenvalue weighted by atomic mass is 10.2. The van der Waals surface area contributed by atoms with Crippen LogP contribution in [0.15, 0.2) is 48.5 Å². The van der Waals surface area contributed by atoms with Crippen LogP contribution in [0.4, 0.5) is 5.69 Å². The van der Waals surface area contributed by atoms with Gasteiger partial charge in [0, 0.05) is 11.6 Å². The molecule has 3 rings (SSSR count). The van der Waals surface area contributed by atoms with E-state index in [2.05, 4.69) is 15.5 Å². The van der Waals surface area contributed by atoms with Crippen LogP contribution >= 0.6 is 0 Å². The van der Waals surface area contributed by atoms with Crippen LogP contribution < -0.4 is 10.5 Å². The van der Waals surface area contributed by atoms with Crippen molar-refractivity contribution in [2.45, 2.75) is 0 Å². The van der Waals surface area contributed by atoms with Crippen LogP contribution in [0.5, 0.6) is 5.75 Å². The number of nitrogen functional groups attached to an aromatic ring is 1. The number of nitrogens with zero attached hydrogens (tertiary/aromatic N) is 4. The van der Waals surface area contributed by atoms with E-state index in [0.29, 0.717) is 17.3 Å². The van der Waals surface area contributed by atoms with Crippen LogP contribution in [0.1, 0.15) is 0 Å². The first-order chi connectivity index (χ1) is 9.79. The van der Waals surface area contributed by atoms with Crippen molar-refractivity contribution in [1.82, 2.24) is 20.2 Å². The van der Waals surface area contributed by atoms with Crippen LogP contribution in [0.2, 0.25) is 0 Å². The van der Waals surface area contributed by atoms with E-state index in [4.69, 9.17) is 10.5 Å². The number of methoxy groups -OCH3 is 1. The first-order valence-corrected chi connectivity index (χ1v) is 6.07. The van der Waals surface area contributed by atoms with E-state index < -0.39 is 0 Å². The van der Waals surface area contributed by atoms with Crippen LogP contribution in [0.3, 0.4) is 0 Å². The second-order valence-electron chi connectivity index (χ2n) is 4.21. The Hall–Kier alpha value is -2.89. The predicted molar refractivity (Wildman–Crippen MR) is 75.6 cm³/mol. The molecule has 2 N–H and O–H groups in total. The van der Waals surface area contributed by atoms with Crippen LogP contribution in [-0.4, -0.2) is 27.3 Å². The molecule has 3 aromatic rings. The highest BCUT2D eigenvalue weighted by Gasteiger charge is 2.13. The summed E-state index contributed by atoms with van der Waals surface area (Å²) in [6, 6.07) is 15.1. The smallest absolute Gasteiger partial charge is 0.187 e. The first kappa shape index (κ1) is 12.2. The minimum absolute atomic E-state index is 0.550. The zero-order valence-corrected chi connectivity index (χ0v) is 10.9. The van der Waals surface area contributed by atoms with Gasteiger partial charge in [0.2, 0.25) is 0 Å². The van der Waals surface area contributed by atoms with Gasteiger partial charge in [0.05, 0.1) is 18.5 Å². The maximum Gasteiger partial charge on any atom is 0.187 e.